The van der Waals surface area contributed by atoms with Gasteiger partial charge in [-0.15, -0.1) is 0 Å². The summed E-state index contributed by atoms with van der Waals surface area (Å²) in [4.78, 5) is 75.9. The largest absolute Gasteiger partial charge is 0.508 e. The number of aromatic hydroxyl groups is 1. The number of nitrogens with one attached hydrogen (secondary N) is 3. The van der Waals surface area contributed by atoms with Gasteiger partial charge in [-0.25, -0.2) is 10.4 Å². The molecule has 6 rings (SSSR count). The van der Waals surface area contributed by atoms with E-state index in [4.69, 9.17) is 14.5 Å². The van der Waals surface area contributed by atoms with Crippen LogP contribution in [0, 0.1) is 11.3 Å². The fourth-order valence-corrected chi connectivity index (χ4v) is 9.00. The van der Waals surface area contributed by atoms with Gasteiger partial charge in [0.25, 0.3) is 18.3 Å². The van der Waals surface area contributed by atoms with Gasteiger partial charge in [0.2, 0.25) is 11.8 Å². The number of hydrazine groups is 1. The van der Waals surface area contributed by atoms with Crippen molar-refractivity contribution in [3.05, 3.63) is 108 Å². The third-order valence-electron chi connectivity index (χ3n) is 12.3. The van der Waals surface area contributed by atoms with Gasteiger partial charge in [0.05, 0.1) is 29.7 Å². The number of amides is 4. The number of phenolic OH excluding ortho intramolecular Hbond substituents is 1. The van der Waals surface area contributed by atoms with Crippen LogP contribution in [0.15, 0.2) is 85.7 Å². The molecular weight excluding hydrogens is 865 g/mol. The van der Waals surface area contributed by atoms with E-state index in [2.05, 4.69) is 71.2 Å². The molecule has 0 bridgehead atoms. The zero-order chi connectivity index (χ0) is 49.3. The topological polar surface area (TPSA) is 197 Å². The van der Waals surface area contributed by atoms with E-state index in [1.54, 1.807) is 25.4 Å². The molecule has 5 aromatic rings. The molecule has 1 aliphatic heterocycles. The summed E-state index contributed by atoms with van der Waals surface area (Å²) in [7, 11) is 3.19. The number of likely N-dealkylation sites (N-methyl/N-ethyl adjacent to an activating group) is 1. The first-order valence-corrected chi connectivity index (χ1v) is 23.0. The maximum absolute atomic E-state index is 14.4. The number of ether oxygens (including phenoxy) is 2. The summed E-state index contributed by atoms with van der Waals surface area (Å²) in [5, 5.41) is 19.4. The average Bonchev–Trinajstić information content (AvgIpc) is 3.63. The van der Waals surface area contributed by atoms with E-state index in [-0.39, 0.29) is 48.1 Å². The SMILES string of the molecule is C=CC(=O)Nc1ccc(C(=O)N(C)C(C(=O)NC(Cc2cc(O)cc(-c3ccc4c(c3)c(CC(C)(C)COC=O)c(-c3cccnc3C(C)OC)n4CC)c2)C(=O)N2CCCCN2)C(C)C)cn1. The summed E-state index contributed by atoms with van der Waals surface area (Å²) < 4.78 is 13.4. The Hall–Kier alpha value is -6.91. The van der Waals surface area contributed by atoms with Crippen molar-refractivity contribution >= 4 is 46.8 Å². The van der Waals surface area contributed by atoms with Crippen LogP contribution in [0.3, 0.4) is 0 Å². The van der Waals surface area contributed by atoms with Crippen LogP contribution in [0.4, 0.5) is 5.82 Å². The van der Waals surface area contributed by atoms with Gasteiger partial charge in [-0.05, 0) is 116 Å². The third kappa shape index (κ3) is 11.6. The van der Waals surface area contributed by atoms with Gasteiger partial charge in [-0.1, -0.05) is 46.4 Å². The quantitative estimate of drug-likeness (QED) is 0.0463. The second-order valence-corrected chi connectivity index (χ2v) is 18.4. The Bertz CT molecular complexity index is 2640. The average molecular weight is 929 g/mol. The summed E-state index contributed by atoms with van der Waals surface area (Å²) in [5.74, 6) is -1.95. The van der Waals surface area contributed by atoms with Crippen molar-refractivity contribution < 1.29 is 38.6 Å². The lowest BCUT2D eigenvalue weighted by Gasteiger charge is -2.34. The number of rotatable bonds is 20. The Morgan fingerprint density at radius 2 is 1.81 bits per heavy atom. The number of fused-ring (bicyclic) bond motifs is 1. The Labute approximate surface area is 398 Å². The highest BCUT2D eigenvalue weighted by Crippen LogP contribution is 2.42. The number of aryl methyl sites for hydroxylation is 1. The third-order valence-corrected chi connectivity index (χ3v) is 12.3. The van der Waals surface area contributed by atoms with Crippen LogP contribution in [0.2, 0.25) is 0 Å². The molecule has 1 saturated heterocycles. The van der Waals surface area contributed by atoms with Crippen LogP contribution in [0.5, 0.6) is 5.75 Å². The fraction of sp³-hybridized carbons (Fsp3) is 0.404. The number of methoxy groups -OCH3 is 1. The summed E-state index contributed by atoms with van der Waals surface area (Å²) in [6.45, 7) is 17.6. The molecule has 0 spiro atoms. The first-order valence-electron chi connectivity index (χ1n) is 23.0. The van der Waals surface area contributed by atoms with E-state index in [0.29, 0.717) is 43.7 Å². The van der Waals surface area contributed by atoms with Crippen molar-refractivity contribution in [3.63, 3.8) is 0 Å². The molecule has 16 nitrogen and oxygen atoms in total. The van der Waals surface area contributed by atoms with Gasteiger partial charge < -0.3 is 34.7 Å². The van der Waals surface area contributed by atoms with Crippen molar-refractivity contribution in [2.75, 3.05) is 39.2 Å². The molecule has 4 amide bonds. The number of hydrogen-bond donors (Lipinski definition) is 4. The van der Waals surface area contributed by atoms with Crippen LogP contribution in [-0.2, 0) is 48.0 Å². The summed E-state index contributed by atoms with van der Waals surface area (Å²) >= 11 is 0. The lowest BCUT2D eigenvalue weighted by molar-refractivity contribution is -0.141. The van der Waals surface area contributed by atoms with Gasteiger partial charge in [0, 0.05) is 74.5 Å². The molecule has 1 aliphatic rings. The monoisotopic (exact) mass is 928 g/mol. The lowest BCUT2D eigenvalue weighted by atomic mass is 9.84. The first kappa shape index (κ1) is 50.5. The van der Waals surface area contributed by atoms with Gasteiger partial charge in [-0.3, -0.25) is 34.0 Å². The molecule has 4 N–H and O–H groups in total. The Morgan fingerprint density at radius 1 is 1.03 bits per heavy atom. The number of hydrogen-bond acceptors (Lipinski definition) is 11. The zero-order valence-electron chi connectivity index (χ0n) is 40.3. The molecule has 2 aromatic carbocycles. The van der Waals surface area contributed by atoms with Crippen molar-refractivity contribution in [3.8, 4) is 28.1 Å². The van der Waals surface area contributed by atoms with Crippen molar-refractivity contribution in [2.45, 2.75) is 92.0 Å². The van der Waals surface area contributed by atoms with Crippen LogP contribution in [0.1, 0.15) is 87.7 Å². The second-order valence-electron chi connectivity index (χ2n) is 18.4. The van der Waals surface area contributed by atoms with E-state index in [9.17, 15) is 29.1 Å². The van der Waals surface area contributed by atoms with E-state index >= 15 is 0 Å². The number of aromatic nitrogens is 3. The minimum atomic E-state index is -1.07. The first-order chi connectivity index (χ1) is 32.5. The Balaban J connectivity index is 1.37. The van der Waals surface area contributed by atoms with Gasteiger partial charge in [0.1, 0.15) is 23.7 Å². The Kier molecular flexibility index (Phi) is 16.5. The molecule has 0 saturated carbocycles. The molecule has 3 aromatic heterocycles. The molecular formula is C52H64N8O8. The highest BCUT2D eigenvalue weighted by Gasteiger charge is 2.35. The smallest absolute Gasteiger partial charge is 0.293 e. The minimum absolute atomic E-state index is 0.0203. The standard InChI is InChI=1S/C52H64N8O8/c1-10-45(63)57-44-19-17-36(29-54-44)50(65)58(8)47(32(3)4)49(64)56-42(51(66)60-22-13-12-21-55-60)25-34-23-37(26-38(62)24-34)35-16-18-43-40(27-35)41(28-52(6,7)30-68-31-61)48(59(43)11-2)39-15-14-20-53-46(39)33(5)67-9/h10,14-20,23-24,26-27,29,31-33,42,47,55,62H,1,11-13,21-22,25,28,30H2,2-9H3,(H,56,64)(H,54,57,63). The maximum Gasteiger partial charge on any atom is 0.293 e. The normalized spacial score (nSPS) is 14.2. The molecule has 3 unspecified atom stereocenters. The number of pyridine rings is 2. The minimum Gasteiger partial charge on any atom is -0.508 e. The van der Waals surface area contributed by atoms with Gasteiger partial charge in [-0.2, -0.15) is 0 Å². The number of anilines is 1. The molecule has 4 heterocycles. The Morgan fingerprint density at radius 3 is 2.46 bits per heavy atom. The van der Waals surface area contributed by atoms with E-state index in [1.165, 1.54) is 35.3 Å². The number of phenols is 1. The van der Waals surface area contributed by atoms with E-state index in [0.717, 1.165) is 57.9 Å². The number of benzene rings is 2. The molecule has 0 radical (unpaired) electrons. The van der Waals surface area contributed by atoms with Crippen molar-refractivity contribution in [1.82, 2.24) is 35.2 Å². The van der Waals surface area contributed by atoms with Gasteiger partial charge >= 0.3 is 0 Å². The maximum atomic E-state index is 14.4. The van der Waals surface area contributed by atoms with Crippen LogP contribution in [-0.4, -0.2) is 106 Å². The number of carbonyl (C=O) groups excluding carboxylic acids is 5. The van der Waals surface area contributed by atoms with Gasteiger partial charge in [0.15, 0.2) is 0 Å². The lowest BCUT2D eigenvalue weighted by Crippen LogP contribution is -2.59. The van der Waals surface area contributed by atoms with E-state index in [1.807, 2.05) is 39.0 Å². The molecule has 3 atom stereocenters. The highest BCUT2D eigenvalue weighted by atomic mass is 16.5. The molecule has 68 heavy (non-hydrogen) atoms. The fourth-order valence-electron chi connectivity index (χ4n) is 9.00. The number of nitrogens with zero attached hydrogens (tertiary/aromatic N) is 5. The number of carbonyl (C=O) groups is 5. The van der Waals surface area contributed by atoms with Crippen LogP contribution in [0.25, 0.3) is 33.3 Å². The van der Waals surface area contributed by atoms with E-state index < -0.39 is 35.2 Å². The van der Waals surface area contributed by atoms with Crippen LogP contribution >= 0.6 is 0 Å². The predicted octanol–water partition coefficient (Wildman–Crippen LogP) is 7.02. The van der Waals surface area contributed by atoms with Crippen LogP contribution < -0.4 is 16.1 Å². The predicted molar refractivity (Wildman–Crippen MR) is 261 cm³/mol. The molecule has 0 aliphatic carbocycles. The van der Waals surface area contributed by atoms with Crippen molar-refractivity contribution in [2.24, 2.45) is 11.3 Å². The summed E-state index contributed by atoms with van der Waals surface area (Å²) in [6.07, 6.45) is 6.16. The molecule has 16 heteroatoms. The zero-order valence-corrected chi connectivity index (χ0v) is 40.3. The summed E-state index contributed by atoms with van der Waals surface area (Å²) in [6, 6.07) is 16.3. The highest BCUT2D eigenvalue weighted by molar-refractivity contribution is 6.00. The second kappa shape index (κ2) is 22.3. The molecule has 360 valence electrons. The molecule has 1 fully saturated rings. The van der Waals surface area contributed by atoms with Crippen molar-refractivity contribution in [1.29, 1.82) is 0 Å². The summed E-state index contributed by atoms with van der Waals surface area (Å²) in [5.41, 5.74) is 9.76.